The molecular weight excluding hydrogens is 1030 g/mol. The van der Waals surface area contributed by atoms with Gasteiger partial charge in [-0.15, -0.1) is 0 Å². The first kappa shape index (κ1) is 82.3. The maximum atomic E-state index is 12.5. The molecule has 1 amide bonds. The fourth-order valence-electron chi connectivity index (χ4n) is 12.3. The Labute approximate surface area is 526 Å². The quantitative estimate of drug-likeness (QED) is 0.0320. The highest BCUT2D eigenvalue weighted by Gasteiger charge is 2.18. The third-order valence-electron chi connectivity index (χ3n) is 18.2. The highest BCUT2D eigenvalue weighted by atomic mass is 16.5. The maximum Gasteiger partial charge on any atom is 0.305 e. The number of hydrogen-bond acceptors (Lipinski definition) is 5. The van der Waals surface area contributed by atoms with Crippen LogP contribution in [-0.4, -0.2) is 47.4 Å². The van der Waals surface area contributed by atoms with Crippen LogP contribution < -0.4 is 5.32 Å². The van der Waals surface area contributed by atoms with E-state index in [0.29, 0.717) is 19.4 Å². The second kappa shape index (κ2) is 73.8. The molecule has 0 bridgehead atoms. The van der Waals surface area contributed by atoms with Gasteiger partial charge in [0.15, 0.2) is 0 Å². The summed E-state index contributed by atoms with van der Waals surface area (Å²) in [6.45, 7) is 4.95. The van der Waals surface area contributed by atoms with Crippen LogP contribution in [0.4, 0.5) is 0 Å². The van der Waals surface area contributed by atoms with Crippen molar-refractivity contribution in [2.24, 2.45) is 0 Å². The summed E-state index contributed by atoms with van der Waals surface area (Å²) >= 11 is 0. The van der Waals surface area contributed by atoms with E-state index in [1.165, 1.54) is 366 Å². The summed E-state index contributed by atoms with van der Waals surface area (Å²) in [6, 6.07) is -0.625. The average molecular weight is 1180 g/mol. The third kappa shape index (κ3) is 69.4. The minimum absolute atomic E-state index is 0.0174. The van der Waals surface area contributed by atoms with E-state index in [4.69, 9.17) is 4.74 Å². The number of amides is 1. The molecule has 498 valence electrons. The summed E-state index contributed by atoms with van der Waals surface area (Å²) in [5.74, 6) is -0.0422. The molecule has 84 heavy (non-hydrogen) atoms. The molecule has 0 spiro atoms. The van der Waals surface area contributed by atoms with E-state index >= 15 is 0 Å². The zero-order valence-electron chi connectivity index (χ0n) is 57.2. The number of ether oxygens (including phenoxy) is 1. The number of unbranched alkanes of at least 4 members (excludes halogenated alkanes) is 60. The number of aliphatic hydroxyl groups is 2. The van der Waals surface area contributed by atoms with Crippen molar-refractivity contribution in [3.05, 3.63) is 24.3 Å². The topological polar surface area (TPSA) is 95.9 Å². The van der Waals surface area contributed by atoms with Gasteiger partial charge in [-0.1, -0.05) is 391 Å². The summed E-state index contributed by atoms with van der Waals surface area (Å²) in [5.41, 5.74) is 0. The fraction of sp³-hybridized carbons (Fsp3) is 0.923. The van der Waals surface area contributed by atoms with Crippen molar-refractivity contribution in [1.29, 1.82) is 0 Å². The molecule has 0 saturated carbocycles. The van der Waals surface area contributed by atoms with Crippen LogP contribution in [0.5, 0.6) is 0 Å². The molecule has 2 unspecified atom stereocenters. The molecule has 0 fully saturated rings. The number of nitrogens with one attached hydrogen (secondary N) is 1. The first-order valence-corrected chi connectivity index (χ1v) is 38.6. The predicted molar refractivity (Wildman–Crippen MR) is 370 cm³/mol. The van der Waals surface area contributed by atoms with Crippen LogP contribution in [0.15, 0.2) is 24.3 Å². The van der Waals surface area contributed by atoms with E-state index < -0.39 is 12.1 Å². The maximum absolute atomic E-state index is 12.5. The van der Waals surface area contributed by atoms with E-state index in [2.05, 4.69) is 31.3 Å². The number of hydrogen-bond donors (Lipinski definition) is 3. The second-order valence-corrected chi connectivity index (χ2v) is 26.7. The zero-order chi connectivity index (χ0) is 60.6. The van der Waals surface area contributed by atoms with E-state index in [-0.39, 0.29) is 18.5 Å². The number of rotatable bonds is 73. The van der Waals surface area contributed by atoms with Crippen molar-refractivity contribution in [3.63, 3.8) is 0 Å². The van der Waals surface area contributed by atoms with Gasteiger partial charge in [-0.2, -0.15) is 0 Å². The van der Waals surface area contributed by atoms with E-state index in [9.17, 15) is 19.8 Å². The molecule has 2 atom stereocenters. The molecule has 0 radical (unpaired) electrons. The normalized spacial score (nSPS) is 12.6. The van der Waals surface area contributed by atoms with Crippen molar-refractivity contribution < 1.29 is 24.5 Å². The minimum Gasteiger partial charge on any atom is -0.466 e. The van der Waals surface area contributed by atoms with Crippen molar-refractivity contribution in [1.82, 2.24) is 5.32 Å². The highest BCUT2D eigenvalue weighted by Crippen LogP contribution is 2.20. The molecular formula is C78H151NO5. The lowest BCUT2D eigenvalue weighted by atomic mass is 10.0. The standard InChI is InChI=1S/C78H151NO5/c1-3-5-7-9-11-13-15-17-19-21-22-35-39-42-46-50-54-58-62-66-70-76(81)75(74-80)79-77(82)71-67-63-59-55-51-47-43-40-36-33-31-29-27-25-23-24-26-28-30-32-34-37-41-45-49-53-57-61-65-69-73-84-78(83)72-68-64-60-56-52-48-44-38-20-18-16-14-12-10-8-6-4-2/h18,20,66,70,75-76,80-81H,3-17,19,21-65,67-69,71-74H2,1-2H3,(H,79,82)/b20-18-,70-66+. The largest absolute Gasteiger partial charge is 0.466 e. The summed E-state index contributed by atoms with van der Waals surface area (Å²) < 4.78 is 5.51. The first-order valence-electron chi connectivity index (χ1n) is 38.6. The van der Waals surface area contributed by atoms with Gasteiger partial charge in [0.05, 0.1) is 25.4 Å². The van der Waals surface area contributed by atoms with Crippen LogP contribution in [0.3, 0.4) is 0 Å². The molecule has 6 heteroatoms. The van der Waals surface area contributed by atoms with Crippen LogP contribution in [0.25, 0.3) is 0 Å². The van der Waals surface area contributed by atoms with Gasteiger partial charge in [-0.3, -0.25) is 9.59 Å². The molecule has 0 aromatic rings. The Morgan fingerprint density at radius 2 is 0.560 bits per heavy atom. The molecule has 0 aliphatic carbocycles. The van der Waals surface area contributed by atoms with Crippen molar-refractivity contribution in [2.45, 2.75) is 450 Å². The summed E-state index contributed by atoms with van der Waals surface area (Å²) in [7, 11) is 0. The van der Waals surface area contributed by atoms with Gasteiger partial charge in [0.1, 0.15) is 0 Å². The van der Waals surface area contributed by atoms with E-state index in [0.717, 1.165) is 44.9 Å². The van der Waals surface area contributed by atoms with Crippen molar-refractivity contribution in [2.75, 3.05) is 13.2 Å². The molecule has 3 N–H and O–H groups in total. The minimum atomic E-state index is -0.842. The van der Waals surface area contributed by atoms with Gasteiger partial charge in [0.25, 0.3) is 0 Å². The van der Waals surface area contributed by atoms with Gasteiger partial charge >= 0.3 is 5.97 Å². The fourth-order valence-corrected chi connectivity index (χ4v) is 12.3. The smallest absolute Gasteiger partial charge is 0.305 e. The Bertz CT molecular complexity index is 1320. The highest BCUT2D eigenvalue weighted by molar-refractivity contribution is 5.76. The van der Waals surface area contributed by atoms with Crippen LogP contribution >= 0.6 is 0 Å². The van der Waals surface area contributed by atoms with E-state index in [1.54, 1.807) is 6.08 Å². The molecule has 0 aliphatic rings. The van der Waals surface area contributed by atoms with Crippen LogP contribution in [0.2, 0.25) is 0 Å². The lowest BCUT2D eigenvalue weighted by molar-refractivity contribution is -0.143. The SMILES string of the molecule is CCCCCCCC/C=C\CCCCCCCCCC(=O)OCCCCCCCCCCCCCCCCCCCCCCCCCCCCCCCCC(=O)NC(CO)C(O)/C=C/CCCCCCCCCCCCCCCCCCCC. The van der Waals surface area contributed by atoms with Crippen LogP contribution in [-0.2, 0) is 14.3 Å². The lowest BCUT2D eigenvalue weighted by Crippen LogP contribution is -2.45. The van der Waals surface area contributed by atoms with Gasteiger partial charge in [0, 0.05) is 12.8 Å². The molecule has 0 heterocycles. The summed E-state index contributed by atoms with van der Waals surface area (Å²) in [4.78, 5) is 24.6. The lowest BCUT2D eigenvalue weighted by Gasteiger charge is -2.20. The second-order valence-electron chi connectivity index (χ2n) is 26.7. The van der Waals surface area contributed by atoms with Crippen molar-refractivity contribution >= 4 is 11.9 Å². The predicted octanol–water partition coefficient (Wildman–Crippen LogP) is 25.3. The molecule has 0 aromatic heterocycles. The third-order valence-corrected chi connectivity index (χ3v) is 18.2. The number of esters is 1. The van der Waals surface area contributed by atoms with Crippen LogP contribution in [0.1, 0.15) is 438 Å². The number of carbonyl (C=O) groups is 2. The van der Waals surface area contributed by atoms with Gasteiger partial charge in [0.2, 0.25) is 5.91 Å². The van der Waals surface area contributed by atoms with Crippen molar-refractivity contribution in [3.8, 4) is 0 Å². The molecule has 0 aromatic carbocycles. The Kier molecular flexibility index (Phi) is 72.3. The molecule has 6 nitrogen and oxygen atoms in total. The van der Waals surface area contributed by atoms with Gasteiger partial charge in [-0.05, 0) is 57.8 Å². The Hall–Kier alpha value is -1.66. The Morgan fingerprint density at radius 1 is 0.321 bits per heavy atom. The monoisotopic (exact) mass is 1180 g/mol. The average Bonchev–Trinajstić information content (AvgIpc) is 3.51. The molecule has 0 saturated heterocycles. The Balaban J connectivity index is 3.35. The summed E-state index contributed by atoms with van der Waals surface area (Å²) in [5, 5.41) is 23.3. The van der Waals surface area contributed by atoms with E-state index in [1.807, 2.05) is 6.08 Å². The summed E-state index contributed by atoms with van der Waals surface area (Å²) in [6.07, 6.45) is 94.3. The number of allylic oxidation sites excluding steroid dienone is 3. The number of aliphatic hydroxyl groups excluding tert-OH is 2. The Morgan fingerprint density at radius 3 is 0.845 bits per heavy atom. The van der Waals surface area contributed by atoms with Gasteiger partial charge < -0.3 is 20.3 Å². The molecule has 0 rings (SSSR count). The van der Waals surface area contributed by atoms with Crippen LogP contribution in [0, 0.1) is 0 Å². The molecule has 0 aliphatic heterocycles. The number of carbonyl (C=O) groups excluding carboxylic acids is 2. The van der Waals surface area contributed by atoms with Gasteiger partial charge in [-0.25, -0.2) is 0 Å². The zero-order valence-corrected chi connectivity index (χ0v) is 57.2. The first-order chi connectivity index (χ1) is 41.5.